The molecule has 2 N–H and O–H groups in total. The predicted molar refractivity (Wildman–Crippen MR) is 130 cm³/mol. The van der Waals surface area contributed by atoms with Crippen LogP contribution in [0, 0.1) is 11.3 Å². The van der Waals surface area contributed by atoms with Gasteiger partial charge in [-0.25, -0.2) is 9.67 Å². The summed E-state index contributed by atoms with van der Waals surface area (Å²) in [5.74, 6) is 0.531. The van der Waals surface area contributed by atoms with Gasteiger partial charge in [-0.05, 0) is 50.7 Å². The van der Waals surface area contributed by atoms with Crippen LogP contribution in [0.25, 0.3) is 11.4 Å². The largest absolute Gasteiger partial charge is 0.489 e. The Kier molecular flexibility index (Phi) is 6.71. The number of nitrogens with one attached hydrogen (secondary N) is 1. The van der Waals surface area contributed by atoms with Crippen molar-refractivity contribution in [1.29, 1.82) is 0 Å². The molecule has 3 aromatic rings. The van der Waals surface area contributed by atoms with Gasteiger partial charge in [0.05, 0.1) is 42.8 Å². The lowest BCUT2D eigenvalue weighted by Gasteiger charge is -2.27. The van der Waals surface area contributed by atoms with Gasteiger partial charge < -0.3 is 19.9 Å². The monoisotopic (exact) mass is 493 g/mol. The highest BCUT2D eigenvalue weighted by atomic mass is 16.5. The van der Waals surface area contributed by atoms with E-state index >= 15 is 0 Å². The molecule has 2 aliphatic carbocycles. The van der Waals surface area contributed by atoms with Gasteiger partial charge in [-0.15, -0.1) is 5.10 Å². The average Bonchev–Trinajstić information content (AvgIpc) is 3.51. The molecule has 3 aromatic heterocycles. The molecular weight excluding hydrogens is 462 g/mol. The first kappa shape index (κ1) is 24.0. The maximum Gasteiger partial charge on any atom is 0.306 e. The second-order valence-electron chi connectivity index (χ2n) is 10.0. The number of aryl methyl sites for hydroxylation is 1. The number of hydrogen-bond donors (Lipinski definition) is 2. The summed E-state index contributed by atoms with van der Waals surface area (Å²) in [6.45, 7) is 3.27. The summed E-state index contributed by atoms with van der Waals surface area (Å²) in [4.78, 5) is 24.6. The average molecular weight is 494 g/mol. The van der Waals surface area contributed by atoms with Crippen molar-refractivity contribution in [3.63, 3.8) is 0 Å². The van der Waals surface area contributed by atoms with E-state index in [1.165, 1.54) is 12.8 Å². The van der Waals surface area contributed by atoms with Crippen molar-refractivity contribution >= 4 is 11.9 Å². The first-order valence-electron chi connectivity index (χ1n) is 12.3. The zero-order chi connectivity index (χ0) is 25.1. The van der Waals surface area contributed by atoms with E-state index in [9.17, 15) is 9.90 Å². The van der Waals surface area contributed by atoms with E-state index in [1.807, 2.05) is 19.2 Å². The summed E-state index contributed by atoms with van der Waals surface area (Å²) in [5, 5.41) is 21.0. The van der Waals surface area contributed by atoms with Gasteiger partial charge in [0, 0.05) is 24.7 Å². The molecule has 2 aliphatic rings. The maximum absolute atomic E-state index is 11.3. The number of carboxylic acid groups (broad SMARTS) is 1. The standard InChI is InChI=1S/C25H31N7O4/c1-25(9-10-25)15-35-21-8-11-26-24(29-21)28-14-20-22(30-31-32(20)2)19-7-6-18(13-27-19)36-17-5-3-4-16(12-17)23(33)34/h6-8,11,13,16-17H,3-5,9-10,12,14-15H2,1-2H3,(H,33,34)(H,26,28,29)/t16-,17-/m0/s1. The Hall–Kier alpha value is -3.76. The van der Waals surface area contributed by atoms with Crippen LogP contribution in [0.15, 0.2) is 30.6 Å². The fourth-order valence-corrected chi connectivity index (χ4v) is 4.31. The number of rotatable bonds is 10. The first-order valence-corrected chi connectivity index (χ1v) is 12.3. The third kappa shape index (κ3) is 5.72. The Morgan fingerprint density at radius 1 is 1.25 bits per heavy atom. The number of pyridine rings is 1. The van der Waals surface area contributed by atoms with Gasteiger partial charge in [-0.3, -0.25) is 9.78 Å². The van der Waals surface area contributed by atoms with Crippen molar-refractivity contribution in [3.05, 3.63) is 36.3 Å². The molecule has 0 aromatic carbocycles. The molecule has 0 saturated heterocycles. The van der Waals surface area contributed by atoms with Crippen LogP contribution in [-0.2, 0) is 18.4 Å². The Labute approximate surface area is 209 Å². The molecular formula is C25H31N7O4. The smallest absolute Gasteiger partial charge is 0.306 e. The highest BCUT2D eigenvalue weighted by Crippen LogP contribution is 2.44. The minimum atomic E-state index is -0.752. The second-order valence-corrected chi connectivity index (χ2v) is 10.0. The zero-order valence-electron chi connectivity index (χ0n) is 20.6. The minimum absolute atomic E-state index is 0.115. The maximum atomic E-state index is 11.3. The molecule has 0 bridgehead atoms. The number of anilines is 1. The fourth-order valence-electron chi connectivity index (χ4n) is 4.31. The van der Waals surface area contributed by atoms with Crippen LogP contribution in [0.3, 0.4) is 0 Å². The van der Waals surface area contributed by atoms with E-state index in [2.05, 4.69) is 37.5 Å². The second kappa shape index (κ2) is 10.1. The summed E-state index contributed by atoms with van der Waals surface area (Å²) in [5.41, 5.74) is 2.41. The van der Waals surface area contributed by atoms with E-state index in [1.54, 1.807) is 23.1 Å². The summed E-state index contributed by atoms with van der Waals surface area (Å²) < 4.78 is 13.5. The zero-order valence-corrected chi connectivity index (χ0v) is 20.6. The molecule has 0 aliphatic heterocycles. The topological polar surface area (TPSA) is 137 Å². The van der Waals surface area contributed by atoms with Gasteiger partial charge in [0.2, 0.25) is 11.8 Å². The summed E-state index contributed by atoms with van der Waals surface area (Å²) in [6.07, 6.45) is 8.50. The molecule has 36 heavy (non-hydrogen) atoms. The molecule has 11 heteroatoms. The third-order valence-corrected chi connectivity index (χ3v) is 6.92. The van der Waals surface area contributed by atoms with Crippen molar-refractivity contribution in [2.24, 2.45) is 18.4 Å². The van der Waals surface area contributed by atoms with E-state index in [0.717, 1.165) is 18.5 Å². The van der Waals surface area contributed by atoms with E-state index in [4.69, 9.17) is 9.47 Å². The van der Waals surface area contributed by atoms with E-state index in [0.29, 0.717) is 55.0 Å². The molecule has 0 spiro atoms. The van der Waals surface area contributed by atoms with E-state index < -0.39 is 5.97 Å². The van der Waals surface area contributed by atoms with Crippen molar-refractivity contribution in [2.75, 3.05) is 11.9 Å². The van der Waals surface area contributed by atoms with E-state index in [-0.39, 0.29) is 17.4 Å². The van der Waals surface area contributed by atoms with Crippen LogP contribution in [-0.4, -0.2) is 53.7 Å². The van der Waals surface area contributed by atoms with Crippen molar-refractivity contribution in [2.45, 2.75) is 58.1 Å². The highest BCUT2D eigenvalue weighted by Gasteiger charge is 2.38. The van der Waals surface area contributed by atoms with Crippen molar-refractivity contribution in [3.8, 4) is 23.0 Å². The molecule has 0 radical (unpaired) electrons. The number of carboxylic acids is 1. The lowest BCUT2D eigenvalue weighted by atomic mass is 9.87. The number of hydrogen-bond acceptors (Lipinski definition) is 9. The summed E-state index contributed by atoms with van der Waals surface area (Å²) in [7, 11) is 1.82. The Bertz CT molecular complexity index is 1210. The first-order chi connectivity index (χ1) is 17.4. The van der Waals surface area contributed by atoms with Crippen LogP contribution in [0.2, 0.25) is 0 Å². The molecule has 0 amide bonds. The Morgan fingerprint density at radius 3 is 2.86 bits per heavy atom. The number of ether oxygens (including phenoxy) is 2. The molecule has 11 nitrogen and oxygen atoms in total. The molecule has 3 heterocycles. The molecule has 5 rings (SSSR count). The summed E-state index contributed by atoms with van der Waals surface area (Å²) >= 11 is 0. The quantitative estimate of drug-likeness (QED) is 0.432. The Morgan fingerprint density at radius 2 is 2.11 bits per heavy atom. The lowest BCUT2D eigenvalue weighted by Crippen LogP contribution is -2.29. The van der Waals surface area contributed by atoms with Crippen LogP contribution in [0.1, 0.15) is 51.1 Å². The SMILES string of the molecule is Cn1nnc(-c2ccc(O[C@H]3CCC[C@H](C(=O)O)C3)cn2)c1CNc1nccc(OCC2(C)CC2)n1. The number of nitrogens with zero attached hydrogens (tertiary/aromatic N) is 6. The van der Waals surface area contributed by atoms with Gasteiger partial charge in [0.1, 0.15) is 11.4 Å². The van der Waals surface area contributed by atoms with Crippen molar-refractivity contribution in [1.82, 2.24) is 29.9 Å². The van der Waals surface area contributed by atoms with Gasteiger partial charge in [0.25, 0.3) is 0 Å². The molecule has 2 atom stereocenters. The van der Waals surface area contributed by atoms with Crippen molar-refractivity contribution < 1.29 is 19.4 Å². The van der Waals surface area contributed by atoms with Crippen LogP contribution >= 0.6 is 0 Å². The fraction of sp³-hybridized carbons (Fsp3) is 0.520. The Balaban J connectivity index is 1.21. The minimum Gasteiger partial charge on any atom is -0.489 e. The van der Waals surface area contributed by atoms with Gasteiger partial charge in [-0.1, -0.05) is 12.1 Å². The molecule has 190 valence electrons. The van der Waals surface area contributed by atoms with Gasteiger partial charge in [-0.2, -0.15) is 4.98 Å². The van der Waals surface area contributed by atoms with Gasteiger partial charge in [0.15, 0.2) is 0 Å². The van der Waals surface area contributed by atoms with Crippen LogP contribution < -0.4 is 14.8 Å². The molecule has 2 saturated carbocycles. The van der Waals surface area contributed by atoms with Crippen LogP contribution in [0.4, 0.5) is 5.95 Å². The number of aromatic nitrogens is 6. The molecule has 0 unspecified atom stereocenters. The predicted octanol–water partition coefficient (Wildman–Crippen LogP) is 3.48. The van der Waals surface area contributed by atoms with Crippen LogP contribution in [0.5, 0.6) is 11.6 Å². The number of aliphatic carboxylic acids is 1. The third-order valence-electron chi connectivity index (χ3n) is 6.92. The number of carbonyl (C=O) groups is 1. The normalized spacial score (nSPS) is 20.5. The summed E-state index contributed by atoms with van der Waals surface area (Å²) in [6, 6.07) is 5.43. The highest BCUT2D eigenvalue weighted by molar-refractivity contribution is 5.70. The molecule has 2 fully saturated rings. The van der Waals surface area contributed by atoms with Gasteiger partial charge >= 0.3 is 5.97 Å². The lowest BCUT2D eigenvalue weighted by molar-refractivity contribution is -0.143.